The molecule has 0 aliphatic rings. The van der Waals surface area contributed by atoms with Gasteiger partial charge < -0.3 is 14.9 Å². The third-order valence-electron chi connectivity index (χ3n) is 3.42. The van der Waals surface area contributed by atoms with Crippen LogP contribution in [0.1, 0.15) is 5.82 Å². The summed E-state index contributed by atoms with van der Waals surface area (Å²) in [5, 5.41) is 0. The molecule has 0 spiro atoms. The second kappa shape index (κ2) is 5.35. The van der Waals surface area contributed by atoms with Gasteiger partial charge in [-0.1, -0.05) is 18.2 Å². The first kappa shape index (κ1) is 12.7. The summed E-state index contributed by atoms with van der Waals surface area (Å²) in [6.07, 6.45) is 4.71. The summed E-state index contributed by atoms with van der Waals surface area (Å²) in [6, 6.07) is 12.2. The van der Waals surface area contributed by atoms with E-state index in [1.807, 2.05) is 30.6 Å². The molecule has 0 unspecified atom stereocenters. The second-order valence-electron chi connectivity index (χ2n) is 4.62. The van der Waals surface area contributed by atoms with Crippen LogP contribution in [-0.4, -0.2) is 23.0 Å². The van der Waals surface area contributed by atoms with E-state index in [-0.39, 0.29) is 0 Å². The molecular formula is C16H17N3O. The highest BCUT2D eigenvalue weighted by atomic mass is 16.5. The van der Waals surface area contributed by atoms with E-state index in [0.29, 0.717) is 6.54 Å². The summed E-state index contributed by atoms with van der Waals surface area (Å²) in [5.41, 5.74) is 9.03. The van der Waals surface area contributed by atoms with E-state index in [2.05, 4.69) is 27.6 Å². The number of benzene rings is 1. The quantitative estimate of drug-likeness (QED) is 0.790. The van der Waals surface area contributed by atoms with Gasteiger partial charge in [0.05, 0.1) is 18.8 Å². The van der Waals surface area contributed by atoms with E-state index < -0.39 is 0 Å². The zero-order valence-electron chi connectivity index (χ0n) is 11.4. The summed E-state index contributed by atoms with van der Waals surface area (Å²) in [5.74, 6) is 1.86. The normalized spacial score (nSPS) is 10.9. The fourth-order valence-corrected chi connectivity index (χ4v) is 2.40. The molecule has 0 bridgehead atoms. The number of aromatic nitrogens is 2. The minimum absolute atomic E-state index is 0.603. The number of nitrogens with zero attached hydrogens (tertiary/aromatic N) is 2. The Kier molecular flexibility index (Phi) is 3.39. The van der Waals surface area contributed by atoms with Crippen molar-refractivity contribution >= 4 is 5.52 Å². The van der Waals surface area contributed by atoms with Crippen molar-refractivity contribution in [3.8, 4) is 16.9 Å². The van der Waals surface area contributed by atoms with Crippen molar-refractivity contribution < 1.29 is 4.74 Å². The SMILES string of the molecule is COc1ccc(-c2cccn3c(CCN)ncc23)cc1. The van der Waals surface area contributed by atoms with Crippen LogP contribution in [0, 0.1) is 0 Å². The molecule has 0 saturated carbocycles. The number of pyridine rings is 1. The molecular weight excluding hydrogens is 250 g/mol. The van der Waals surface area contributed by atoms with Crippen LogP contribution in [0.5, 0.6) is 5.75 Å². The van der Waals surface area contributed by atoms with E-state index in [4.69, 9.17) is 10.5 Å². The summed E-state index contributed by atoms with van der Waals surface area (Å²) >= 11 is 0. The van der Waals surface area contributed by atoms with E-state index >= 15 is 0 Å². The molecule has 4 heteroatoms. The highest BCUT2D eigenvalue weighted by molar-refractivity contribution is 5.80. The number of rotatable bonds is 4. The summed E-state index contributed by atoms with van der Waals surface area (Å²) in [4.78, 5) is 4.46. The second-order valence-corrected chi connectivity index (χ2v) is 4.62. The molecule has 1 aromatic carbocycles. The average molecular weight is 267 g/mol. The van der Waals surface area contributed by atoms with Crippen molar-refractivity contribution in [2.24, 2.45) is 5.73 Å². The third-order valence-corrected chi connectivity index (χ3v) is 3.42. The van der Waals surface area contributed by atoms with E-state index in [9.17, 15) is 0 Å². The number of imidazole rings is 1. The van der Waals surface area contributed by atoms with Crippen molar-refractivity contribution in [1.82, 2.24) is 9.38 Å². The van der Waals surface area contributed by atoms with Gasteiger partial charge in [0, 0.05) is 18.2 Å². The Morgan fingerprint density at radius 2 is 2.00 bits per heavy atom. The highest BCUT2D eigenvalue weighted by Gasteiger charge is 2.08. The monoisotopic (exact) mass is 267 g/mol. The smallest absolute Gasteiger partial charge is 0.118 e. The lowest BCUT2D eigenvalue weighted by molar-refractivity contribution is 0.415. The Hall–Kier alpha value is -2.33. The van der Waals surface area contributed by atoms with Gasteiger partial charge in [-0.25, -0.2) is 4.98 Å². The highest BCUT2D eigenvalue weighted by Crippen LogP contribution is 2.27. The lowest BCUT2D eigenvalue weighted by Crippen LogP contribution is -2.06. The van der Waals surface area contributed by atoms with Crippen LogP contribution in [0.2, 0.25) is 0 Å². The summed E-state index contributed by atoms with van der Waals surface area (Å²) in [7, 11) is 1.67. The minimum atomic E-state index is 0.603. The Bertz CT molecular complexity index is 716. The number of nitrogens with two attached hydrogens (primary N) is 1. The molecule has 20 heavy (non-hydrogen) atoms. The first-order valence-corrected chi connectivity index (χ1v) is 6.63. The molecule has 0 radical (unpaired) electrons. The Balaban J connectivity index is 2.10. The van der Waals surface area contributed by atoms with E-state index in [1.165, 1.54) is 0 Å². The third kappa shape index (κ3) is 2.14. The van der Waals surface area contributed by atoms with Crippen molar-refractivity contribution in [2.45, 2.75) is 6.42 Å². The van der Waals surface area contributed by atoms with Crippen LogP contribution >= 0.6 is 0 Å². The maximum atomic E-state index is 5.62. The van der Waals surface area contributed by atoms with Crippen molar-refractivity contribution in [2.75, 3.05) is 13.7 Å². The van der Waals surface area contributed by atoms with Crippen LogP contribution in [0.4, 0.5) is 0 Å². The maximum Gasteiger partial charge on any atom is 0.118 e. The standard InChI is InChI=1S/C16H17N3O/c1-20-13-6-4-12(5-7-13)14-3-2-10-19-15(14)11-18-16(19)8-9-17/h2-7,10-11H,8-9,17H2,1H3. The molecule has 2 N–H and O–H groups in total. The molecule has 0 aliphatic carbocycles. The minimum Gasteiger partial charge on any atom is -0.497 e. The molecule has 0 amide bonds. The first-order valence-electron chi connectivity index (χ1n) is 6.63. The Morgan fingerprint density at radius 1 is 1.20 bits per heavy atom. The molecule has 3 aromatic rings. The number of ether oxygens (including phenoxy) is 1. The lowest BCUT2D eigenvalue weighted by atomic mass is 10.1. The number of hydrogen-bond acceptors (Lipinski definition) is 3. The number of methoxy groups -OCH3 is 1. The van der Waals surface area contributed by atoms with Crippen LogP contribution in [0.3, 0.4) is 0 Å². The molecule has 4 nitrogen and oxygen atoms in total. The van der Waals surface area contributed by atoms with Crippen LogP contribution < -0.4 is 10.5 Å². The molecule has 0 fully saturated rings. The Morgan fingerprint density at radius 3 is 2.70 bits per heavy atom. The summed E-state index contributed by atoms with van der Waals surface area (Å²) in [6.45, 7) is 0.603. The number of hydrogen-bond donors (Lipinski definition) is 1. The van der Waals surface area contributed by atoms with Crippen molar-refractivity contribution in [3.05, 3.63) is 54.6 Å². The predicted octanol–water partition coefficient (Wildman–Crippen LogP) is 2.51. The number of fused-ring (bicyclic) bond motifs is 1. The van der Waals surface area contributed by atoms with Crippen molar-refractivity contribution in [3.63, 3.8) is 0 Å². The van der Waals surface area contributed by atoms with Gasteiger partial charge in [0.1, 0.15) is 11.6 Å². The Labute approximate surface area is 117 Å². The fourth-order valence-electron chi connectivity index (χ4n) is 2.40. The van der Waals surface area contributed by atoms with Gasteiger partial charge >= 0.3 is 0 Å². The fraction of sp³-hybridized carbons (Fsp3) is 0.188. The van der Waals surface area contributed by atoms with Crippen LogP contribution in [-0.2, 0) is 6.42 Å². The zero-order chi connectivity index (χ0) is 13.9. The van der Waals surface area contributed by atoms with Gasteiger partial charge in [0.15, 0.2) is 0 Å². The molecule has 102 valence electrons. The van der Waals surface area contributed by atoms with Gasteiger partial charge in [-0.2, -0.15) is 0 Å². The first-order chi connectivity index (χ1) is 9.83. The molecule has 0 saturated heterocycles. The van der Waals surface area contributed by atoms with Crippen LogP contribution in [0.15, 0.2) is 48.8 Å². The molecule has 3 rings (SSSR count). The topological polar surface area (TPSA) is 52.5 Å². The van der Waals surface area contributed by atoms with Gasteiger partial charge in [-0.15, -0.1) is 0 Å². The van der Waals surface area contributed by atoms with Gasteiger partial charge in [0.2, 0.25) is 0 Å². The van der Waals surface area contributed by atoms with Gasteiger partial charge in [-0.3, -0.25) is 0 Å². The molecule has 0 aliphatic heterocycles. The van der Waals surface area contributed by atoms with Crippen LogP contribution in [0.25, 0.3) is 16.6 Å². The zero-order valence-corrected chi connectivity index (χ0v) is 11.4. The van der Waals surface area contributed by atoms with Gasteiger partial charge in [0.25, 0.3) is 0 Å². The van der Waals surface area contributed by atoms with Crippen molar-refractivity contribution in [1.29, 1.82) is 0 Å². The van der Waals surface area contributed by atoms with E-state index in [1.54, 1.807) is 7.11 Å². The molecule has 0 atom stereocenters. The molecule has 2 aromatic heterocycles. The molecule has 2 heterocycles. The predicted molar refractivity (Wildman–Crippen MR) is 79.9 cm³/mol. The largest absolute Gasteiger partial charge is 0.497 e. The average Bonchev–Trinajstić information content (AvgIpc) is 2.91. The lowest BCUT2D eigenvalue weighted by Gasteiger charge is -2.07. The van der Waals surface area contributed by atoms with E-state index in [0.717, 1.165) is 34.6 Å². The van der Waals surface area contributed by atoms with Gasteiger partial charge in [-0.05, 0) is 30.3 Å². The summed E-state index contributed by atoms with van der Waals surface area (Å²) < 4.78 is 7.30. The maximum absolute atomic E-state index is 5.62.